The third-order valence-corrected chi connectivity index (χ3v) is 2.69. The van der Waals surface area contributed by atoms with Gasteiger partial charge in [0.2, 0.25) is 0 Å². The Bertz CT molecular complexity index is 569. The monoisotopic (exact) mass is 293 g/mol. The number of aromatic carboxylic acids is 1. The van der Waals surface area contributed by atoms with Gasteiger partial charge in [-0.1, -0.05) is 12.7 Å². The minimum Gasteiger partial charge on any atom is -0.490 e. The van der Waals surface area contributed by atoms with Gasteiger partial charge in [-0.05, 0) is 0 Å². The standard InChI is InChI=1S/C14H15NO6/c1-2-4-21-14(18)15-10-8-12-11(7-9(10)13(16)17)19-5-3-6-20-12/h2,7-8H,1,3-6H2,(H,15,18)(H,16,17). The highest BCUT2D eigenvalue weighted by atomic mass is 16.5. The van der Waals surface area contributed by atoms with E-state index in [0.717, 1.165) is 0 Å². The summed E-state index contributed by atoms with van der Waals surface area (Å²) in [5.74, 6) is -0.462. The Balaban J connectivity index is 2.29. The van der Waals surface area contributed by atoms with E-state index in [1.807, 2.05) is 0 Å². The van der Waals surface area contributed by atoms with Crippen molar-refractivity contribution in [2.75, 3.05) is 25.1 Å². The normalized spacial score (nSPS) is 13.0. The SMILES string of the molecule is C=CCOC(=O)Nc1cc2c(cc1C(=O)O)OCCCO2. The summed E-state index contributed by atoms with van der Waals surface area (Å²) in [4.78, 5) is 22.8. The van der Waals surface area contributed by atoms with Crippen LogP contribution in [0, 0.1) is 0 Å². The fourth-order valence-electron chi connectivity index (χ4n) is 1.77. The molecule has 0 saturated carbocycles. The molecule has 0 spiro atoms. The van der Waals surface area contributed by atoms with Crippen LogP contribution in [0.1, 0.15) is 16.8 Å². The van der Waals surface area contributed by atoms with E-state index in [1.54, 1.807) is 0 Å². The van der Waals surface area contributed by atoms with E-state index in [-0.39, 0.29) is 17.9 Å². The van der Waals surface area contributed by atoms with Gasteiger partial charge in [0.15, 0.2) is 11.5 Å². The second-order valence-corrected chi connectivity index (χ2v) is 4.21. The van der Waals surface area contributed by atoms with Gasteiger partial charge in [-0.2, -0.15) is 0 Å². The Kier molecular flexibility index (Phi) is 4.65. The molecule has 21 heavy (non-hydrogen) atoms. The van der Waals surface area contributed by atoms with E-state index >= 15 is 0 Å². The number of fused-ring (bicyclic) bond motifs is 1. The molecular weight excluding hydrogens is 278 g/mol. The highest BCUT2D eigenvalue weighted by molar-refractivity contribution is 5.99. The molecule has 0 saturated heterocycles. The number of carbonyl (C=O) groups excluding carboxylic acids is 1. The van der Waals surface area contributed by atoms with Gasteiger partial charge < -0.3 is 19.3 Å². The van der Waals surface area contributed by atoms with Crippen LogP contribution >= 0.6 is 0 Å². The van der Waals surface area contributed by atoms with Crippen molar-refractivity contribution in [1.82, 2.24) is 0 Å². The maximum atomic E-state index is 11.5. The molecule has 1 aromatic carbocycles. The van der Waals surface area contributed by atoms with E-state index in [4.69, 9.17) is 14.2 Å². The molecule has 0 aliphatic carbocycles. The number of hydrogen-bond acceptors (Lipinski definition) is 5. The summed E-state index contributed by atoms with van der Waals surface area (Å²) >= 11 is 0. The molecule has 2 rings (SSSR count). The summed E-state index contributed by atoms with van der Waals surface area (Å²) in [6, 6.07) is 2.74. The molecule has 1 aliphatic heterocycles. The first kappa shape index (κ1) is 14.7. The summed E-state index contributed by atoms with van der Waals surface area (Å²) in [6.45, 7) is 4.35. The Labute approximate surface area is 121 Å². The molecule has 112 valence electrons. The Morgan fingerprint density at radius 2 is 2.00 bits per heavy atom. The summed E-state index contributed by atoms with van der Waals surface area (Å²) in [5, 5.41) is 11.6. The van der Waals surface area contributed by atoms with Crippen molar-refractivity contribution >= 4 is 17.7 Å². The largest absolute Gasteiger partial charge is 0.490 e. The van der Waals surface area contributed by atoms with Crippen LogP contribution in [0.25, 0.3) is 0 Å². The van der Waals surface area contributed by atoms with Gasteiger partial charge in [0, 0.05) is 18.6 Å². The average Bonchev–Trinajstić information content (AvgIpc) is 2.68. The molecule has 1 amide bonds. The van der Waals surface area contributed by atoms with Gasteiger partial charge in [-0.25, -0.2) is 9.59 Å². The van der Waals surface area contributed by atoms with Crippen molar-refractivity contribution < 1.29 is 28.9 Å². The molecule has 1 aliphatic rings. The lowest BCUT2D eigenvalue weighted by molar-refractivity contribution is 0.0697. The molecular formula is C14H15NO6. The van der Waals surface area contributed by atoms with E-state index in [9.17, 15) is 14.7 Å². The molecule has 7 nitrogen and oxygen atoms in total. The van der Waals surface area contributed by atoms with Gasteiger partial charge >= 0.3 is 12.1 Å². The molecule has 1 heterocycles. The van der Waals surface area contributed by atoms with E-state index in [1.165, 1.54) is 18.2 Å². The van der Waals surface area contributed by atoms with Crippen LogP contribution in [-0.4, -0.2) is 37.0 Å². The number of rotatable bonds is 4. The molecule has 1 aromatic rings. The number of nitrogens with one attached hydrogen (secondary N) is 1. The van der Waals surface area contributed by atoms with Crippen molar-refractivity contribution in [2.45, 2.75) is 6.42 Å². The van der Waals surface area contributed by atoms with Crippen LogP contribution in [0.15, 0.2) is 24.8 Å². The van der Waals surface area contributed by atoms with Crippen molar-refractivity contribution in [2.24, 2.45) is 0 Å². The maximum Gasteiger partial charge on any atom is 0.411 e. The average molecular weight is 293 g/mol. The summed E-state index contributed by atoms with van der Waals surface area (Å²) in [5.41, 5.74) is -0.0179. The number of anilines is 1. The number of carbonyl (C=O) groups is 2. The molecule has 0 radical (unpaired) electrons. The minimum absolute atomic E-state index is 0.0266. The number of amides is 1. The van der Waals surface area contributed by atoms with Gasteiger partial charge in [-0.15, -0.1) is 0 Å². The van der Waals surface area contributed by atoms with Crippen LogP contribution < -0.4 is 14.8 Å². The number of benzene rings is 1. The number of hydrogen-bond donors (Lipinski definition) is 2. The highest BCUT2D eigenvalue weighted by Crippen LogP contribution is 2.35. The lowest BCUT2D eigenvalue weighted by Crippen LogP contribution is -2.16. The third-order valence-electron chi connectivity index (χ3n) is 2.69. The molecule has 0 aromatic heterocycles. The summed E-state index contributed by atoms with van der Waals surface area (Å²) in [7, 11) is 0. The Hall–Kier alpha value is -2.70. The van der Waals surface area contributed by atoms with E-state index in [2.05, 4.69) is 11.9 Å². The van der Waals surface area contributed by atoms with Crippen LogP contribution in [-0.2, 0) is 4.74 Å². The van der Waals surface area contributed by atoms with Crippen molar-refractivity contribution in [3.63, 3.8) is 0 Å². The highest BCUT2D eigenvalue weighted by Gasteiger charge is 2.20. The van der Waals surface area contributed by atoms with Crippen molar-refractivity contribution in [3.05, 3.63) is 30.4 Å². The number of ether oxygens (including phenoxy) is 3. The number of carboxylic acids is 1. The lowest BCUT2D eigenvalue weighted by Gasteiger charge is -2.13. The maximum absolute atomic E-state index is 11.5. The quantitative estimate of drug-likeness (QED) is 0.827. The molecule has 7 heteroatoms. The second kappa shape index (κ2) is 6.65. The van der Waals surface area contributed by atoms with Gasteiger partial charge in [-0.3, -0.25) is 5.32 Å². The smallest absolute Gasteiger partial charge is 0.411 e. The predicted octanol–water partition coefficient (Wildman–Crippen LogP) is 2.28. The first-order chi connectivity index (χ1) is 10.1. The van der Waals surface area contributed by atoms with Crippen LogP contribution in [0.2, 0.25) is 0 Å². The zero-order valence-electron chi connectivity index (χ0n) is 11.3. The number of carboxylic acid groups (broad SMARTS) is 1. The molecule has 0 unspecified atom stereocenters. The molecule has 2 N–H and O–H groups in total. The summed E-state index contributed by atoms with van der Waals surface area (Å²) < 4.78 is 15.6. The zero-order valence-corrected chi connectivity index (χ0v) is 11.3. The van der Waals surface area contributed by atoms with Crippen LogP contribution in [0.3, 0.4) is 0 Å². The van der Waals surface area contributed by atoms with Crippen LogP contribution in [0.4, 0.5) is 10.5 Å². The van der Waals surface area contributed by atoms with Crippen molar-refractivity contribution in [1.29, 1.82) is 0 Å². The summed E-state index contributed by atoms with van der Waals surface area (Å²) in [6.07, 6.45) is 1.33. The molecule has 0 atom stereocenters. The Morgan fingerprint density at radius 1 is 1.33 bits per heavy atom. The fourth-order valence-corrected chi connectivity index (χ4v) is 1.77. The zero-order chi connectivity index (χ0) is 15.2. The third kappa shape index (κ3) is 3.65. The molecule has 0 fully saturated rings. The van der Waals surface area contributed by atoms with Gasteiger partial charge in [0.1, 0.15) is 6.61 Å². The van der Waals surface area contributed by atoms with Crippen molar-refractivity contribution in [3.8, 4) is 11.5 Å². The fraction of sp³-hybridized carbons (Fsp3) is 0.286. The first-order valence-electron chi connectivity index (χ1n) is 6.33. The first-order valence-corrected chi connectivity index (χ1v) is 6.33. The topological polar surface area (TPSA) is 94.1 Å². The molecule has 0 bridgehead atoms. The van der Waals surface area contributed by atoms with E-state index < -0.39 is 12.1 Å². The Morgan fingerprint density at radius 3 is 2.62 bits per heavy atom. The van der Waals surface area contributed by atoms with Crippen LogP contribution in [0.5, 0.6) is 11.5 Å². The minimum atomic E-state index is -1.19. The second-order valence-electron chi connectivity index (χ2n) is 4.21. The van der Waals surface area contributed by atoms with E-state index in [0.29, 0.717) is 31.1 Å². The predicted molar refractivity (Wildman–Crippen MR) is 74.2 cm³/mol. The van der Waals surface area contributed by atoms with Gasteiger partial charge in [0.25, 0.3) is 0 Å². The lowest BCUT2D eigenvalue weighted by atomic mass is 10.1. The van der Waals surface area contributed by atoms with Gasteiger partial charge in [0.05, 0.1) is 24.5 Å².